The van der Waals surface area contributed by atoms with Crippen molar-refractivity contribution in [3.8, 4) is 0 Å². The van der Waals surface area contributed by atoms with Crippen molar-refractivity contribution in [3.63, 3.8) is 0 Å². The summed E-state index contributed by atoms with van der Waals surface area (Å²) in [5, 5.41) is 17.3. The lowest BCUT2D eigenvalue weighted by Crippen LogP contribution is -2.42. The maximum absolute atomic E-state index is 11.7. The number of halogens is 1. The SMILES string of the molecule is O=C(Cn1cc(C(=O)O)nn1)NC1CS(=O)(=O)CC1Cl. The van der Waals surface area contributed by atoms with Crippen LogP contribution in [0.4, 0.5) is 0 Å². The number of alkyl halides is 1. The predicted molar refractivity (Wildman–Crippen MR) is 67.2 cm³/mol. The number of hydrogen-bond acceptors (Lipinski definition) is 6. The second-order valence-electron chi connectivity index (χ2n) is 4.37. The second kappa shape index (κ2) is 5.37. The van der Waals surface area contributed by atoms with Crippen molar-refractivity contribution in [3.05, 3.63) is 11.9 Å². The van der Waals surface area contributed by atoms with Crippen molar-refractivity contribution in [2.45, 2.75) is 18.0 Å². The third kappa shape index (κ3) is 3.45. The van der Waals surface area contributed by atoms with Gasteiger partial charge < -0.3 is 10.4 Å². The van der Waals surface area contributed by atoms with Crippen LogP contribution in [0.1, 0.15) is 10.5 Å². The molecule has 1 amide bonds. The summed E-state index contributed by atoms with van der Waals surface area (Å²) in [7, 11) is -3.23. The molecule has 0 spiro atoms. The molecular weight excluding hydrogens is 312 g/mol. The maximum Gasteiger partial charge on any atom is 0.358 e. The Balaban J connectivity index is 1.94. The Hall–Kier alpha value is -1.68. The zero-order chi connectivity index (χ0) is 14.9. The fourth-order valence-corrected chi connectivity index (χ4v) is 4.36. The van der Waals surface area contributed by atoms with Gasteiger partial charge in [-0.2, -0.15) is 0 Å². The summed E-state index contributed by atoms with van der Waals surface area (Å²) in [6, 6.07) is -0.656. The molecule has 1 fully saturated rings. The summed E-state index contributed by atoms with van der Waals surface area (Å²) in [5.41, 5.74) is -0.281. The molecule has 1 aromatic heterocycles. The first-order chi connectivity index (χ1) is 9.27. The minimum absolute atomic E-state index is 0.175. The Morgan fingerprint density at radius 2 is 2.20 bits per heavy atom. The molecule has 0 aromatic carbocycles. The Morgan fingerprint density at radius 1 is 1.50 bits per heavy atom. The van der Waals surface area contributed by atoms with Gasteiger partial charge in [-0.15, -0.1) is 16.7 Å². The van der Waals surface area contributed by atoms with Gasteiger partial charge >= 0.3 is 5.97 Å². The van der Waals surface area contributed by atoms with Crippen molar-refractivity contribution in [1.29, 1.82) is 0 Å². The summed E-state index contributed by atoms with van der Waals surface area (Å²) in [6.07, 6.45) is 1.10. The lowest BCUT2D eigenvalue weighted by atomic mass is 10.2. The molecule has 1 aliphatic heterocycles. The number of carboxylic acid groups (broad SMARTS) is 1. The Morgan fingerprint density at radius 3 is 2.70 bits per heavy atom. The standard InChI is InChI=1S/C9H11ClN4O5S/c10-5-3-20(18,19)4-7(5)11-8(15)2-14-1-6(9(16)17)12-13-14/h1,5,7H,2-4H2,(H,11,15)(H,16,17). The lowest BCUT2D eigenvalue weighted by molar-refractivity contribution is -0.122. The molecule has 1 aromatic rings. The summed E-state index contributed by atoms with van der Waals surface area (Å²) in [6.45, 7) is -0.263. The third-order valence-corrected chi connectivity index (χ3v) is 5.07. The van der Waals surface area contributed by atoms with Gasteiger partial charge in [-0.25, -0.2) is 17.9 Å². The number of rotatable bonds is 4. The van der Waals surface area contributed by atoms with Crippen molar-refractivity contribution >= 4 is 33.3 Å². The van der Waals surface area contributed by atoms with Crippen LogP contribution in [0.5, 0.6) is 0 Å². The van der Waals surface area contributed by atoms with E-state index in [1.807, 2.05) is 0 Å². The van der Waals surface area contributed by atoms with Gasteiger partial charge in [-0.3, -0.25) is 4.79 Å². The molecule has 1 aliphatic rings. The summed E-state index contributed by atoms with van der Waals surface area (Å²) >= 11 is 5.85. The van der Waals surface area contributed by atoms with Crippen molar-refractivity contribution in [2.24, 2.45) is 0 Å². The highest BCUT2D eigenvalue weighted by atomic mass is 35.5. The zero-order valence-corrected chi connectivity index (χ0v) is 11.6. The van der Waals surface area contributed by atoms with Crippen molar-refractivity contribution < 1.29 is 23.1 Å². The Kier molecular flexibility index (Phi) is 3.95. The van der Waals surface area contributed by atoms with Crippen LogP contribution in [0.25, 0.3) is 0 Å². The van der Waals surface area contributed by atoms with Crippen LogP contribution in [0.15, 0.2) is 6.20 Å². The molecular formula is C9H11ClN4O5S. The Bertz CT molecular complexity index is 643. The number of aromatic nitrogens is 3. The highest BCUT2D eigenvalue weighted by Gasteiger charge is 2.37. The average molecular weight is 323 g/mol. The predicted octanol–water partition coefficient (Wildman–Crippen LogP) is -1.50. The van der Waals surface area contributed by atoms with E-state index in [0.717, 1.165) is 10.9 Å². The number of sulfone groups is 1. The normalized spacial score (nSPS) is 24.4. The van der Waals surface area contributed by atoms with Crippen LogP contribution in [0, 0.1) is 0 Å². The molecule has 2 N–H and O–H groups in total. The van der Waals surface area contributed by atoms with Crippen LogP contribution in [0.2, 0.25) is 0 Å². The molecule has 20 heavy (non-hydrogen) atoms. The van der Waals surface area contributed by atoms with Crippen LogP contribution in [-0.4, -0.2) is 63.3 Å². The minimum atomic E-state index is -3.23. The number of carbonyl (C=O) groups excluding carboxylic acids is 1. The van der Waals surface area contributed by atoms with E-state index >= 15 is 0 Å². The fraction of sp³-hybridized carbons (Fsp3) is 0.556. The smallest absolute Gasteiger partial charge is 0.358 e. The van der Waals surface area contributed by atoms with Crippen molar-refractivity contribution in [1.82, 2.24) is 20.3 Å². The molecule has 11 heteroatoms. The largest absolute Gasteiger partial charge is 0.476 e. The highest BCUT2D eigenvalue weighted by molar-refractivity contribution is 7.91. The third-order valence-electron chi connectivity index (χ3n) is 2.69. The molecule has 9 nitrogen and oxygen atoms in total. The molecule has 2 rings (SSSR count). The van der Waals surface area contributed by atoms with E-state index in [4.69, 9.17) is 16.7 Å². The molecule has 2 heterocycles. The molecule has 110 valence electrons. The van der Waals surface area contributed by atoms with E-state index in [-0.39, 0.29) is 23.7 Å². The van der Waals surface area contributed by atoms with Gasteiger partial charge in [-0.05, 0) is 0 Å². The van der Waals surface area contributed by atoms with Gasteiger partial charge in [0.1, 0.15) is 6.54 Å². The van der Waals surface area contributed by atoms with Gasteiger partial charge in [0.2, 0.25) is 5.91 Å². The molecule has 0 aliphatic carbocycles. The number of aromatic carboxylic acids is 1. The average Bonchev–Trinajstić information content (AvgIpc) is 2.84. The molecule has 0 saturated carbocycles. The zero-order valence-electron chi connectivity index (χ0n) is 10.1. The van der Waals surface area contributed by atoms with E-state index in [1.165, 1.54) is 0 Å². The lowest BCUT2D eigenvalue weighted by Gasteiger charge is -2.13. The van der Waals surface area contributed by atoms with Crippen LogP contribution in [-0.2, 0) is 21.2 Å². The summed E-state index contributed by atoms with van der Waals surface area (Å²) in [4.78, 5) is 22.3. The monoisotopic (exact) mass is 322 g/mol. The number of carboxylic acids is 1. The summed E-state index contributed by atoms with van der Waals surface area (Å²) < 4.78 is 23.7. The first kappa shape index (κ1) is 14.7. The van der Waals surface area contributed by atoms with Crippen LogP contribution >= 0.6 is 11.6 Å². The van der Waals surface area contributed by atoms with Gasteiger partial charge in [0.05, 0.1) is 29.1 Å². The van der Waals surface area contributed by atoms with Gasteiger partial charge in [-0.1, -0.05) is 5.21 Å². The minimum Gasteiger partial charge on any atom is -0.476 e. The van der Waals surface area contributed by atoms with Crippen LogP contribution < -0.4 is 5.32 Å². The number of hydrogen-bond donors (Lipinski definition) is 2. The van der Waals surface area contributed by atoms with E-state index in [9.17, 15) is 18.0 Å². The maximum atomic E-state index is 11.7. The number of amides is 1. The fourth-order valence-electron chi connectivity index (χ4n) is 1.81. The second-order valence-corrected chi connectivity index (χ2v) is 7.09. The quantitative estimate of drug-likeness (QED) is 0.644. The first-order valence-corrected chi connectivity index (χ1v) is 7.80. The molecule has 0 bridgehead atoms. The van der Waals surface area contributed by atoms with E-state index in [1.54, 1.807) is 0 Å². The Labute approximate surface area is 118 Å². The highest BCUT2D eigenvalue weighted by Crippen LogP contribution is 2.17. The number of nitrogens with one attached hydrogen (secondary N) is 1. The summed E-state index contributed by atoms with van der Waals surface area (Å²) in [5.74, 6) is -2.14. The molecule has 2 atom stereocenters. The molecule has 0 radical (unpaired) electrons. The van der Waals surface area contributed by atoms with E-state index < -0.39 is 33.1 Å². The van der Waals surface area contributed by atoms with Gasteiger partial charge in [0.25, 0.3) is 0 Å². The van der Waals surface area contributed by atoms with E-state index in [0.29, 0.717) is 0 Å². The van der Waals surface area contributed by atoms with Gasteiger partial charge in [0.15, 0.2) is 15.5 Å². The van der Waals surface area contributed by atoms with Gasteiger partial charge in [0, 0.05) is 0 Å². The van der Waals surface area contributed by atoms with Crippen LogP contribution in [0.3, 0.4) is 0 Å². The molecule has 2 unspecified atom stereocenters. The first-order valence-electron chi connectivity index (χ1n) is 5.54. The number of carbonyl (C=O) groups is 2. The molecule has 1 saturated heterocycles. The number of nitrogens with zero attached hydrogens (tertiary/aromatic N) is 3. The van der Waals surface area contributed by atoms with Crippen molar-refractivity contribution in [2.75, 3.05) is 11.5 Å². The van der Waals surface area contributed by atoms with E-state index in [2.05, 4.69) is 15.6 Å². The topological polar surface area (TPSA) is 131 Å².